The molecule has 42 valence electrons. The molecular weight excluding hydrogens is 126 g/mol. The van der Waals surface area contributed by atoms with E-state index in [2.05, 4.69) is 0 Å². The summed E-state index contributed by atoms with van der Waals surface area (Å²) in [6.07, 6.45) is 0.991. The highest BCUT2D eigenvalue weighted by Crippen LogP contribution is 1.75. The third kappa shape index (κ3) is 1.04. The predicted octanol–water partition coefficient (Wildman–Crippen LogP) is -0.258. The molecular formula is C4H3NO2S. The topological polar surface area (TPSA) is 44.0 Å². The maximum atomic E-state index is 10.3. The summed E-state index contributed by atoms with van der Waals surface area (Å²) < 4.78 is 0.516. The zero-order chi connectivity index (χ0) is 5.98. The van der Waals surface area contributed by atoms with E-state index in [1.807, 2.05) is 0 Å². The van der Waals surface area contributed by atoms with Crippen LogP contribution in [-0.2, 0) is 0 Å². The molecule has 0 radical (unpaired) electrons. The van der Waals surface area contributed by atoms with E-state index in [0.717, 1.165) is 17.7 Å². The van der Waals surface area contributed by atoms with E-state index in [1.54, 1.807) is 0 Å². The summed E-state index contributed by atoms with van der Waals surface area (Å²) in [5.41, 5.74) is -0.251. The van der Waals surface area contributed by atoms with E-state index in [1.165, 1.54) is 11.4 Å². The van der Waals surface area contributed by atoms with E-state index in [-0.39, 0.29) is 5.43 Å². The molecule has 0 atom stereocenters. The van der Waals surface area contributed by atoms with Crippen LogP contribution in [0.15, 0.2) is 22.4 Å². The highest BCUT2D eigenvalue weighted by molar-refractivity contribution is 6.99. The summed E-state index contributed by atoms with van der Waals surface area (Å²) in [4.78, 5) is 10.3. The van der Waals surface area contributed by atoms with Gasteiger partial charge >= 0.3 is 0 Å². The molecule has 1 aromatic heterocycles. The van der Waals surface area contributed by atoms with Crippen molar-refractivity contribution in [3.05, 3.63) is 33.1 Å². The van der Waals surface area contributed by atoms with Crippen LogP contribution in [0.5, 0.6) is 0 Å². The number of aromatic nitrogens is 1. The molecule has 1 heterocycles. The zero-order valence-corrected chi connectivity index (χ0v) is 4.72. The molecule has 4 heteroatoms. The van der Waals surface area contributed by atoms with Gasteiger partial charge in [-0.1, -0.05) is 0 Å². The van der Waals surface area contributed by atoms with Crippen LogP contribution < -0.4 is 9.55 Å². The second-order valence-corrected chi connectivity index (χ2v) is 2.07. The number of nitrogens with zero attached hydrogens (tertiary/aromatic N) is 1. The van der Waals surface area contributed by atoms with Crippen LogP contribution >= 0.6 is 11.5 Å². The second-order valence-electron chi connectivity index (χ2n) is 1.22. The maximum Gasteiger partial charge on any atom is 0.245 e. The molecule has 0 fully saturated rings. The van der Waals surface area contributed by atoms with Crippen molar-refractivity contribution in [1.29, 1.82) is 0 Å². The Morgan fingerprint density at radius 3 is 2.88 bits per heavy atom. The summed E-state index contributed by atoms with van der Waals surface area (Å²) in [6.45, 7) is 0. The minimum atomic E-state index is -0.251. The Kier molecular flexibility index (Phi) is 1.26. The number of hydrogen-bond donors (Lipinski definition) is 0. The highest BCUT2D eigenvalue weighted by Gasteiger charge is 1.86. The molecule has 0 aromatic carbocycles. The molecule has 1 aromatic rings. The van der Waals surface area contributed by atoms with Crippen molar-refractivity contribution in [2.75, 3.05) is 0 Å². The van der Waals surface area contributed by atoms with Crippen LogP contribution in [-0.4, -0.2) is 0 Å². The molecule has 0 saturated carbocycles. The summed E-state index contributed by atoms with van der Waals surface area (Å²) in [5.74, 6) is 0. The fourth-order valence-corrected chi connectivity index (χ4v) is 0.815. The van der Waals surface area contributed by atoms with Crippen molar-refractivity contribution in [2.24, 2.45) is 0 Å². The molecule has 0 aliphatic rings. The van der Waals surface area contributed by atoms with Crippen molar-refractivity contribution in [3.8, 4) is 0 Å². The predicted molar refractivity (Wildman–Crippen MR) is 29.5 cm³/mol. The fraction of sp³-hybridized carbons (Fsp3) is 0. The Labute approximate surface area is 49.6 Å². The van der Waals surface area contributed by atoms with Crippen LogP contribution in [0.2, 0.25) is 0 Å². The molecule has 8 heavy (non-hydrogen) atoms. The lowest BCUT2D eigenvalue weighted by Gasteiger charge is -1.84. The molecule has 0 unspecified atom stereocenters. The first-order chi connectivity index (χ1) is 3.79. The Balaban J connectivity index is 3.28. The van der Waals surface area contributed by atoms with Crippen molar-refractivity contribution in [1.82, 2.24) is 0 Å². The van der Waals surface area contributed by atoms with Gasteiger partial charge in [-0.15, -0.1) is 4.12 Å². The molecule has 3 nitrogen and oxygen atoms in total. The van der Waals surface area contributed by atoms with Crippen LogP contribution in [0.3, 0.4) is 0 Å². The van der Waals surface area contributed by atoms with Gasteiger partial charge in [0.15, 0.2) is 0 Å². The minimum Gasteiger partial charge on any atom is -0.606 e. The van der Waals surface area contributed by atoms with E-state index < -0.39 is 0 Å². The quantitative estimate of drug-likeness (QED) is 0.358. The van der Waals surface area contributed by atoms with Crippen molar-refractivity contribution >= 4 is 11.5 Å². The molecule has 0 bridgehead atoms. The van der Waals surface area contributed by atoms with Gasteiger partial charge in [-0.3, -0.25) is 4.79 Å². The van der Waals surface area contributed by atoms with Gasteiger partial charge in [0.1, 0.15) is 11.5 Å². The Hall–Kier alpha value is -0.900. The standard InChI is InChI=1S/C4H3NO2S/c6-4-1-2-8-5(7)3-4/h1-3H. The lowest BCUT2D eigenvalue weighted by Crippen LogP contribution is -2.25. The van der Waals surface area contributed by atoms with E-state index in [0.29, 0.717) is 4.12 Å². The monoisotopic (exact) mass is 129 g/mol. The van der Waals surface area contributed by atoms with Crippen molar-refractivity contribution in [3.63, 3.8) is 0 Å². The third-order valence-corrected chi connectivity index (χ3v) is 1.20. The first kappa shape index (κ1) is 5.24. The summed E-state index contributed by atoms with van der Waals surface area (Å²) in [5, 5.41) is 11.7. The van der Waals surface area contributed by atoms with Crippen molar-refractivity contribution in [2.45, 2.75) is 0 Å². The Bertz CT molecular complexity index is 231. The lowest BCUT2D eigenvalue weighted by atomic mass is 10.6. The van der Waals surface area contributed by atoms with Gasteiger partial charge in [0, 0.05) is 6.07 Å². The smallest absolute Gasteiger partial charge is 0.245 e. The SMILES string of the molecule is O=c1ccs[n+]([O-])c1. The van der Waals surface area contributed by atoms with E-state index in [9.17, 15) is 10.0 Å². The van der Waals surface area contributed by atoms with Crippen molar-refractivity contribution < 1.29 is 4.12 Å². The number of rotatable bonds is 0. The maximum absolute atomic E-state index is 10.3. The summed E-state index contributed by atoms with van der Waals surface area (Å²) >= 11 is 0.943. The van der Waals surface area contributed by atoms with Crippen LogP contribution in [0.1, 0.15) is 0 Å². The van der Waals surface area contributed by atoms with Crippen LogP contribution in [0, 0.1) is 5.21 Å². The fourth-order valence-electron chi connectivity index (χ4n) is 0.335. The average molecular weight is 129 g/mol. The molecule has 0 aliphatic heterocycles. The Morgan fingerprint density at radius 2 is 2.50 bits per heavy atom. The average Bonchev–Trinajstić information content (AvgIpc) is 1.64. The van der Waals surface area contributed by atoms with Gasteiger partial charge in [-0.05, 0) is 0 Å². The Morgan fingerprint density at radius 1 is 1.75 bits per heavy atom. The van der Waals surface area contributed by atoms with Gasteiger partial charge in [-0.25, -0.2) is 0 Å². The van der Waals surface area contributed by atoms with Gasteiger partial charge in [-0.2, -0.15) is 0 Å². The second kappa shape index (κ2) is 1.92. The lowest BCUT2D eigenvalue weighted by molar-refractivity contribution is -0.532. The summed E-state index contributed by atoms with van der Waals surface area (Å²) in [7, 11) is 0. The molecule has 1 rings (SSSR count). The zero-order valence-electron chi connectivity index (χ0n) is 3.90. The molecule has 0 spiro atoms. The van der Waals surface area contributed by atoms with Gasteiger partial charge in [0.05, 0.1) is 5.38 Å². The van der Waals surface area contributed by atoms with E-state index in [4.69, 9.17) is 0 Å². The largest absolute Gasteiger partial charge is 0.606 e. The third-order valence-electron chi connectivity index (χ3n) is 0.630. The molecule has 0 aliphatic carbocycles. The van der Waals surface area contributed by atoms with Gasteiger partial charge in [0.25, 0.3) is 0 Å². The van der Waals surface area contributed by atoms with Gasteiger partial charge in [0.2, 0.25) is 11.6 Å². The minimum absolute atomic E-state index is 0.251. The summed E-state index contributed by atoms with van der Waals surface area (Å²) in [6, 6.07) is 1.35. The highest BCUT2D eigenvalue weighted by atomic mass is 32.1. The number of hydrogen-bond acceptors (Lipinski definition) is 3. The van der Waals surface area contributed by atoms with Gasteiger partial charge < -0.3 is 5.21 Å². The molecule has 0 saturated heterocycles. The molecule has 0 N–H and O–H groups in total. The normalized spacial score (nSPS) is 9.00. The molecule has 0 amide bonds. The van der Waals surface area contributed by atoms with E-state index >= 15 is 0 Å². The van der Waals surface area contributed by atoms with Crippen LogP contribution in [0.4, 0.5) is 0 Å². The first-order valence-electron chi connectivity index (χ1n) is 1.97. The first-order valence-corrected chi connectivity index (χ1v) is 2.81. The van der Waals surface area contributed by atoms with Crippen LogP contribution in [0.25, 0.3) is 0 Å².